The van der Waals surface area contributed by atoms with Crippen molar-refractivity contribution < 1.29 is 52.2 Å². The van der Waals surface area contributed by atoms with Gasteiger partial charge in [0.05, 0.1) is 19.3 Å². The number of nitrogens with one attached hydrogen (secondary N) is 2. The number of aliphatic hydroxyl groups is 1. The first kappa shape index (κ1) is 33.2. The van der Waals surface area contributed by atoms with Crippen molar-refractivity contribution in [3.05, 3.63) is 33.4 Å². The van der Waals surface area contributed by atoms with E-state index in [2.05, 4.69) is 34.6 Å². The molecule has 250 valence electrons. The van der Waals surface area contributed by atoms with E-state index < -0.39 is 81.2 Å². The minimum absolute atomic E-state index is 0.0130. The summed E-state index contributed by atoms with van der Waals surface area (Å²) in [4.78, 5) is 72.7. The Kier molecular flexibility index (Phi) is 9.55. The second kappa shape index (κ2) is 13.3. The third-order valence-corrected chi connectivity index (χ3v) is 7.38. The van der Waals surface area contributed by atoms with Crippen LogP contribution in [-0.4, -0.2) is 117 Å². The molecule has 0 saturated carbocycles. The molecule has 24 heteroatoms. The molecule has 21 nitrogen and oxygen atoms in total. The van der Waals surface area contributed by atoms with E-state index in [0.717, 1.165) is 0 Å². The van der Waals surface area contributed by atoms with Gasteiger partial charge in [0, 0.05) is 14.2 Å². The van der Waals surface area contributed by atoms with Crippen LogP contribution < -0.4 is 22.6 Å². The highest BCUT2D eigenvalue weighted by Crippen LogP contribution is 2.38. The van der Waals surface area contributed by atoms with Crippen molar-refractivity contribution in [3.8, 4) is 0 Å². The zero-order valence-corrected chi connectivity index (χ0v) is 24.5. The molecule has 2 saturated heterocycles. The number of nitrogens with zero attached hydrogens (tertiary/aromatic N) is 6. The fourth-order valence-corrected chi connectivity index (χ4v) is 5.08. The predicted molar refractivity (Wildman–Crippen MR) is 149 cm³/mol. The number of nitrogen functional groups attached to an aromatic ring is 2. The molecule has 0 aliphatic carbocycles. The van der Waals surface area contributed by atoms with Crippen LogP contribution in [-0.2, 0) is 23.7 Å². The molecule has 0 radical (unpaired) electrons. The summed E-state index contributed by atoms with van der Waals surface area (Å²) in [6.45, 7) is -0.486. The van der Waals surface area contributed by atoms with Crippen LogP contribution in [0.4, 0.5) is 25.5 Å². The Labute approximate surface area is 255 Å². The van der Waals surface area contributed by atoms with Crippen LogP contribution in [0.15, 0.2) is 22.2 Å². The average molecular weight is 676 g/mol. The summed E-state index contributed by atoms with van der Waals surface area (Å²) in [7, 11) is -0.514. The van der Waals surface area contributed by atoms with Gasteiger partial charge in [-0.2, -0.15) is 9.97 Å². The van der Waals surface area contributed by atoms with E-state index in [0.29, 0.717) is 0 Å². The molecular formula is C22H27F2N10O11P. The van der Waals surface area contributed by atoms with Crippen LogP contribution in [0.2, 0.25) is 0 Å². The highest BCUT2D eigenvalue weighted by atomic mass is 31.2. The molecule has 2 fully saturated rings. The van der Waals surface area contributed by atoms with Gasteiger partial charge in [-0.25, -0.2) is 23.5 Å². The number of carbonyl (C=O) groups is 1. The summed E-state index contributed by atoms with van der Waals surface area (Å²) in [5, 5.41) is 9.13. The number of H-pyrrole nitrogens is 2. The molecule has 4 aromatic heterocycles. The summed E-state index contributed by atoms with van der Waals surface area (Å²) in [5.74, 6) is -0.270. The lowest BCUT2D eigenvalue weighted by atomic mass is 10.1. The molecule has 2 aliphatic heterocycles. The number of nitrogens with two attached hydrogens (primary N) is 2. The predicted octanol–water partition coefficient (Wildman–Crippen LogP) is -1.71. The topological polar surface area (TPSA) is 303 Å². The molecule has 46 heavy (non-hydrogen) atoms. The normalized spacial score (nSPS) is 27.7. The van der Waals surface area contributed by atoms with Crippen LogP contribution in [0.5, 0.6) is 0 Å². The molecule has 4 aromatic rings. The summed E-state index contributed by atoms with van der Waals surface area (Å²) in [5.41, 5.74) is 8.66. The standard InChI is InChI=1S/C11H13FN5O7P.C11H14FN5O4/c1-22-5-3(12)9(24-11(19)25(20)21)23-8(5)17-2-14-4-6(17)15-10(13)16-7(4)18;1-20-7-5(12)4(2-18)21-10(7)17-3-14-6-8(17)15-11(13)16-9(6)19/h2-3,5,8-9,20-21H,1H3,(H3,13,15,16,18);3-5,7,10,18H,2H2,1H3,(H3,13,15,16,19)/t3?,5-,8-,9-;4-,5?,7-,10-/m11/s1. The zero-order valence-electron chi connectivity index (χ0n) is 23.6. The highest BCUT2D eigenvalue weighted by molar-refractivity contribution is 7.63. The summed E-state index contributed by atoms with van der Waals surface area (Å²) in [6, 6.07) is 0. The number of ether oxygens (including phenoxy) is 5. The van der Waals surface area contributed by atoms with Gasteiger partial charge in [0.1, 0.15) is 18.3 Å². The highest BCUT2D eigenvalue weighted by Gasteiger charge is 2.50. The maximum absolute atomic E-state index is 14.4. The Morgan fingerprint density at radius 1 is 0.935 bits per heavy atom. The van der Waals surface area contributed by atoms with Gasteiger partial charge in [-0.1, -0.05) is 0 Å². The van der Waals surface area contributed by atoms with Crippen LogP contribution in [0.1, 0.15) is 12.5 Å². The monoisotopic (exact) mass is 676 g/mol. The van der Waals surface area contributed by atoms with Crippen molar-refractivity contribution in [2.75, 3.05) is 32.3 Å². The molecule has 0 aromatic carbocycles. The Hall–Kier alpha value is -4.22. The molecule has 6 heterocycles. The lowest BCUT2D eigenvalue weighted by Crippen LogP contribution is -2.31. The second-order valence-corrected chi connectivity index (χ2v) is 10.6. The first-order valence-corrected chi connectivity index (χ1v) is 14.2. The molecule has 2 aliphatic rings. The smallest absolute Gasteiger partial charge is 0.386 e. The van der Waals surface area contributed by atoms with E-state index in [1.54, 1.807) is 0 Å². The number of imidazole rings is 2. The minimum Gasteiger partial charge on any atom is -0.426 e. The number of rotatable bonds is 7. The first-order valence-electron chi connectivity index (χ1n) is 13.0. The second-order valence-electron chi connectivity index (χ2n) is 9.66. The summed E-state index contributed by atoms with van der Waals surface area (Å²) in [6.07, 6.45) is -8.04. The Morgan fingerprint density at radius 3 is 1.87 bits per heavy atom. The van der Waals surface area contributed by atoms with Gasteiger partial charge in [0.15, 0.2) is 47.1 Å². The number of hydrogen-bond donors (Lipinski definition) is 7. The number of aliphatic hydroxyl groups excluding tert-OH is 1. The van der Waals surface area contributed by atoms with Gasteiger partial charge >= 0.3 is 5.71 Å². The number of halogens is 2. The van der Waals surface area contributed by atoms with Crippen molar-refractivity contribution in [1.82, 2.24) is 39.0 Å². The van der Waals surface area contributed by atoms with Crippen molar-refractivity contribution in [2.45, 2.75) is 49.4 Å². The largest absolute Gasteiger partial charge is 0.426 e. The Balaban J connectivity index is 0.000000184. The van der Waals surface area contributed by atoms with E-state index in [9.17, 15) is 23.2 Å². The maximum Gasteiger partial charge on any atom is 0.386 e. The molecule has 9 N–H and O–H groups in total. The number of aromatic nitrogens is 8. The van der Waals surface area contributed by atoms with Crippen LogP contribution in [0, 0.1) is 0 Å². The number of alkyl halides is 2. The SMILES string of the molecule is CO[C@@H]1C(F)[C@@H](CO)O[C@H]1n1cnc2c(=O)[nH]c(N)nc21.CO[C@@H]1C(F)[C@@H](OC(=O)P(O)O)O[C@H]1n1cnc2c(=O)[nH]c(N)nc21. The van der Waals surface area contributed by atoms with Crippen molar-refractivity contribution in [1.29, 1.82) is 0 Å². The molecule has 0 amide bonds. The first-order chi connectivity index (χ1) is 21.9. The minimum atomic E-state index is -3.05. The van der Waals surface area contributed by atoms with Crippen LogP contribution in [0.3, 0.4) is 0 Å². The number of fused-ring (bicyclic) bond motifs is 2. The zero-order chi connectivity index (χ0) is 33.4. The molecular weight excluding hydrogens is 649 g/mol. The van der Waals surface area contributed by atoms with Gasteiger partial charge in [-0.05, 0) is 0 Å². The van der Waals surface area contributed by atoms with Gasteiger partial charge in [0.25, 0.3) is 19.5 Å². The lowest BCUT2D eigenvalue weighted by molar-refractivity contribution is -0.129. The molecule has 6 rings (SSSR count). The lowest BCUT2D eigenvalue weighted by Gasteiger charge is -2.19. The third kappa shape index (κ3) is 6.01. The van der Waals surface area contributed by atoms with E-state index in [4.69, 9.17) is 45.3 Å². The van der Waals surface area contributed by atoms with Crippen molar-refractivity contribution in [2.24, 2.45) is 0 Å². The van der Waals surface area contributed by atoms with E-state index in [1.165, 1.54) is 36.0 Å². The molecule has 0 spiro atoms. The van der Waals surface area contributed by atoms with E-state index >= 15 is 0 Å². The molecule has 8 atom stereocenters. The number of anilines is 2. The Bertz CT molecular complexity index is 1840. The van der Waals surface area contributed by atoms with E-state index in [1.807, 2.05) is 0 Å². The van der Waals surface area contributed by atoms with Crippen LogP contribution in [0.25, 0.3) is 22.3 Å². The maximum atomic E-state index is 14.4. The fourth-order valence-electron chi connectivity index (χ4n) is 4.88. The van der Waals surface area contributed by atoms with Crippen molar-refractivity contribution >= 4 is 48.3 Å². The van der Waals surface area contributed by atoms with Gasteiger partial charge in [-0.3, -0.25) is 28.7 Å². The molecule has 2 unspecified atom stereocenters. The van der Waals surface area contributed by atoms with Gasteiger partial charge in [0.2, 0.25) is 18.2 Å². The van der Waals surface area contributed by atoms with Crippen molar-refractivity contribution in [3.63, 3.8) is 0 Å². The van der Waals surface area contributed by atoms with Gasteiger partial charge < -0.3 is 50.0 Å². The number of aromatic amines is 2. The fraction of sp³-hybridized carbons (Fsp3) is 0.500. The third-order valence-electron chi connectivity index (χ3n) is 6.95. The molecule has 0 bridgehead atoms. The average Bonchev–Trinajstić information content (AvgIpc) is 3.76. The van der Waals surface area contributed by atoms with Crippen LogP contribution >= 0.6 is 8.38 Å². The van der Waals surface area contributed by atoms with E-state index in [-0.39, 0.29) is 34.2 Å². The number of hydrogen-bond acceptors (Lipinski definition) is 17. The van der Waals surface area contributed by atoms with Gasteiger partial charge in [-0.15, -0.1) is 0 Å². The Morgan fingerprint density at radius 2 is 1.41 bits per heavy atom. The number of carbonyl (C=O) groups excluding carboxylic acids is 1. The summed E-state index contributed by atoms with van der Waals surface area (Å²) >= 11 is 0. The number of methoxy groups -OCH3 is 2. The summed E-state index contributed by atoms with van der Waals surface area (Å²) < 4.78 is 56.6. The quantitative estimate of drug-likeness (QED) is 0.107.